The fourth-order valence-electron chi connectivity index (χ4n) is 4.09. The van der Waals surface area contributed by atoms with Crippen LogP contribution in [0.2, 0.25) is 0 Å². The zero-order chi connectivity index (χ0) is 21.4. The molecule has 1 saturated carbocycles. The van der Waals surface area contributed by atoms with Crippen molar-refractivity contribution >= 4 is 33.6 Å². The summed E-state index contributed by atoms with van der Waals surface area (Å²) in [6.45, 7) is 1.24. The van der Waals surface area contributed by atoms with Crippen LogP contribution in [-0.2, 0) is 19.6 Å². The molecular weight excluding hydrogens is 396 g/mol. The highest BCUT2D eigenvalue weighted by atomic mass is 32.2. The van der Waals surface area contributed by atoms with E-state index in [1.54, 1.807) is 26.1 Å². The number of nitrogens with one attached hydrogen (secondary N) is 2. The van der Waals surface area contributed by atoms with Crippen LogP contribution in [0.15, 0.2) is 23.1 Å². The van der Waals surface area contributed by atoms with Gasteiger partial charge in [0.05, 0.1) is 4.90 Å². The standard InChI is InChI=1S/C19H26N4O5S/c1-13-7-8-14(11-15(13)29(27,28)20-2)21-16(24)12-23-17(25)19(22(3)18(23)26)9-5-4-6-10-19/h7-8,11,20H,4-6,9-10,12H2,1-3H3,(H,21,24). The topological polar surface area (TPSA) is 116 Å². The zero-order valence-electron chi connectivity index (χ0n) is 16.8. The Labute approximate surface area is 170 Å². The number of nitrogens with zero attached hydrogens (tertiary/aromatic N) is 2. The van der Waals surface area contributed by atoms with Crippen molar-refractivity contribution in [3.05, 3.63) is 23.8 Å². The first-order valence-electron chi connectivity index (χ1n) is 9.56. The summed E-state index contributed by atoms with van der Waals surface area (Å²) in [5.74, 6) is -0.896. The van der Waals surface area contributed by atoms with Gasteiger partial charge in [0.1, 0.15) is 12.1 Å². The van der Waals surface area contributed by atoms with Crippen molar-refractivity contribution < 1.29 is 22.8 Å². The number of hydrogen-bond acceptors (Lipinski definition) is 5. The predicted molar refractivity (Wildman–Crippen MR) is 107 cm³/mol. The van der Waals surface area contributed by atoms with Crippen LogP contribution in [0.1, 0.15) is 37.7 Å². The molecule has 4 amide bonds. The van der Waals surface area contributed by atoms with Gasteiger partial charge in [0.15, 0.2) is 0 Å². The number of carbonyl (C=O) groups excluding carboxylic acids is 3. The quantitative estimate of drug-likeness (QED) is 0.697. The molecular formula is C19H26N4O5S. The fraction of sp³-hybridized carbons (Fsp3) is 0.526. The van der Waals surface area contributed by atoms with Crippen molar-refractivity contribution in [3.63, 3.8) is 0 Å². The first kappa shape index (κ1) is 21.3. The van der Waals surface area contributed by atoms with Gasteiger partial charge in [-0.3, -0.25) is 14.5 Å². The molecule has 3 rings (SSSR count). The number of carbonyl (C=O) groups is 3. The number of likely N-dealkylation sites (N-methyl/N-ethyl adjacent to an activating group) is 1. The first-order chi connectivity index (χ1) is 13.6. The molecule has 1 aliphatic carbocycles. The van der Waals surface area contributed by atoms with Crippen LogP contribution < -0.4 is 10.0 Å². The van der Waals surface area contributed by atoms with E-state index in [2.05, 4.69) is 10.0 Å². The number of anilines is 1. The van der Waals surface area contributed by atoms with Crippen molar-refractivity contribution in [2.24, 2.45) is 0 Å². The van der Waals surface area contributed by atoms with Gasteiger partial charge in [-0.05, 0) is 44.5 Å². The lowest BCUT2D eigenvalue weighted by Crippen LogP contribution is -2.49. The molecule has 0 unspecified atom stereocenters. The normalized spacial score (nSPS) is 19.1. The van der Waals surface area contributed by atoms with E-state index in [1.807, 2.05) is 0 Å². The van der Waals surface area contributed by atoms with Gasteiger partial charge >= 0.3 is 6.03 Å². The Kier molecular flexibility index (Phi) is 5.68. The molecule has 0 radical (unpaired) electrons. The summed E-state index contributed by atoms with van der Waals surface area (Å²) in [6, 6.07) is 4.03. The van der Waals surface area contributed by atoms with Gasteiger partial charge in [0.25, 0.3) is 5.91 Å². The minimum Gasteiger partial charge on any atom is -0.324 e. The molecule has 2 aliphatic rings. The maximum Gasteiger partial charge on any atom is 0.327 e. The Hall–Kier alpha value is -2.46. The fourth-order valence-corrected chi connectivity index (χ4v) is 5.09. The number of urea groups is 1. The van der Waals surface area contributed by atoms with Crippen LogP contribution in [0, 0.1) is 6.92 Å². The average Bonchev–Trinajstić information content (AvgIpc) is 2.86. The van der Waals surface area contributed by atoms with E-state index >= 15 is 0 Å². The predicted octanol–water partition coefficient (Wildman–Crippen LogP) is 1.44. The molecule has 9 nitrogen and oxygen atoms in total. The summed E-state index contributed by atoms with van der Waals surface area (Å²) < 4.78 is 26.5. The van der Waals surface area contributed by atoms with Gasteiger partial charge in [0.2, 0.25) is 15.9 Å². The maximum absolute atomic E-state index is 13.0. The molecule has 0 bridgehead atoms. The van der Waals surface area contributed by atoms with Crippen LogP contribution in [0.3, 0.4) is 0 Å². The lowest BCUT2D eigenvalue weighted by Gasteiger charge is -2.35. The van der Waals surface area contributed by atoms with Crippen LogP contribution in [0.25, 0.3) is 0 Å². The van der Waals surface area contributed by atoms with Crippen molar-refractivity contribution in [2.45, 2.75) is 49.5 Å². The number of rotatable bonds is 5. The minimum absolute atomic E-state index is 0.0482. The number of benzene rings is 1. The van der Waals surface area contributed by atoms with Gasteiger partial charge < -0.3 is 10.2 Å². The van der Waals surface area contributed by atoms with Crippen molar-refractivity contribution in [1.29, 1.82) is 0 Å². The molecule has 1 aliphatic heterocycles. The summed E-state index contributed by atoms with van der Waals surface area (Å²) >= 11 is 0. The third-order valence-corrected chi connectivity index (χ3v) is 7.37. The summed E-state index contributed by atoms with van der Waals surface area (Å²) in [6.07, 6.45) is 3.98. The zero-order valence-corrected chi connectivity index (χ0v) is 17.6. The smallest absolute Gasteiger partial charge is 0.324 e. The number of sulfonamides is 1. The Balaban J connectivity index is 1.75. The summed E-state index contributed by atoms with van der Waals surface area (Å²) in [4.78, 5) is 40.6. The van der Waals surface area contributed by atoms with E-state index in [9.17, 15) is 22.8 Å². The highest BCUT2D eigenvalue weighted by Gasteiger charge is 2.55. The molecule has 1 heterocycles. The molecule has 2 N–H and O–H groups in total. The third-order valence-electron chi connectivity index (χ3n) is 5.82. The average molecular weight is 423 g/mol. The number of hydrogen-bond donors (Lipinski definition) is 2. The van der Waals surface area contributed by atoms with Gasteiger partial charge in [-0.1, -0.05) is 25.3 Å². The van der Waals surface area contributed by atoms with Crippen LogP contribution >= 0.6 is 0 Å². The highest BCUT2D eigenvalue weighted by molar-refractivity contribution is 7.89. The van der Waals surface area contributed by atoms with Gasteiger partial charge in [-0.2, -0.15) is 0 Å². The maximum atomic E-state index is 13.0. The molecule has 10 heteroatoms. The molecule has 1 spiro atoms. The Morgan fingerprint density at radius 1 is 1.17 bits per heavy atom. The molecule has 1 aromatic carbocycles. The Morgan fingerprint density at radius 2 is 1.83 bits per heavy atom. The van der Waals surface area contributed by atoms with Crippen LogP contribution in [-0.4, -0.2) is 62.2 Å². The first-order valence-corrected chi connectivity index (χ1v) is 11.0. The Morgan fingerprint density at radius 3 is 2.45 bits per heavy atom. The van der Waals surface area contributed by atoms with E-state index in [1.165, 1.54) is 18.0 Å². The lowest BCUT2D eigenvalue weighted by atomic mass is 9.81. The molecule has 1 saturated heterocycles. The highest BCUT2D eigenvalue weighted by Crippen LogP contribution is 2.39. The number of amides is 4. The second kappa shape index (κ2) is 7.75. The Bertz CT molecular complexity index is 953. The van der Waals surface area contributed by atoms with E-state index in [0.717, 1.165) is 24.2 Å². The summed E-state index contributed by atoms with van der Waals surface area (Å²) in [5.41, 5.74) is -0.0366. The second-order valence-corrected chi connectivity index (χ2v) is 9.42. The minimum atomic E-state index is -3.68. The van der Waals surface area contributed by atoms with Crippen molar-refractivity contribution in [2.75, 3.05) is 26.0 Å². The van der Waals surface area contributed by atoms with Crippen molar-refractivity contribution in [1.82, 2.24) is 14.5 Å². The SMILES string of the molecule is CNS(=O)(=O)c1cc(NC(=O)CN2C(=O)N(C)C3(CCCCC3)C2=O)ccc1C. The van der Waals surface area contributed by atoms with E-state index in [0.29, 0.717) is 18.4 Å². The molecule has 158 valence electrons. The molecule has 2 fully saturated rings. The molecule has 29 heavy (non-hydrogen) atoms. The van der Waals surface area contributed by atoms with E-state index < -0.39 is 34.0 Å². The molecule has 1 aromatic rings. The number of aryl methyl sites for hydroxylation is 1. The monoisotopic (exact) mass is 422 g/mol. The summed E-state index contributed by atoms with van der Waals surface area (Å²) in [5, 5.41) is 2.58. The summed E-state index contributed by atoms with van der Waals surface area (Å²) in [7, 11) is -0.762. The van der Waals surface area contributed by atoms with Crippen molar-refractivity contribution in [3.8, 4) is 0 Å². The number of imide groups is 1. The van der Waals surface area contributed by atoms with Gasteiger partial charge in [-0.15, -0.1) is 0 Å². The van der Waals surface area contributed by atoms with E-state index in [4.69, 9.17) is 0 Å². The largest absolute Gasteiger partial charge is 0.327 e. The molecule has 0 aromatic heterocycles. The van der Waals surface area contributed by atoms with E-state index in [-0.39, 0.29) is 16.5 Å². The van der Waals surface area contributed by atoms with Gasteiger partial charge in [-0.25, -0.2) is 17.9 Å². The van der Waals surface area contributed by atoms with Crippen LogP contribution in [0.5, 0.6) is 0 Å². The van der Waals surface area contributed by atoms with Gasteiger partial charge in [0, 0.05) is 12.7 Å². The third kappa shape index (κ3) is 3.74. The molecule has 0 atom stereocenters. The lowest BCUT2D eigenvalue weighted by molar-refractivity contribution is -0.136. The second-order valence-electron chi connectivity index (χ2n) is 7.56. The van der Waals surface area contributed by atoms with Crippen LogP contribution in [0.4, 0.5) is 10.5 Å².